The summed E-state index contributed by atoms with van der Waals surface area (Å²) >= 11 is 0. The third-order valence-corrected chi connectivity index (χ3v) is 3.16. The topological polar surface area (TPSA) is 58.6 Å². The molecule has 0 saturated carbocycles. The van der Waals surface area contributed by atoms with Gasteiger partial charge >= 0.3 is 5.97 Å². The molecule has 4 heteroatoms. The van der Waals surface area contributed by atoms with E-state index >= 15 is 0 Å². The van der Waals surface area contributed by atoms with Crippen molar-refractivity contribution in [1.29, 1.82) is 0 Å². The van der Waals surface area contributed by atoms with Crippen LogP contribution in [0.2, 0.25) is 0 Å². The zero-order chi connectivity index (χ0) is 9.42. The van der Waals surface area contributed by atoms with E-state index in [0.29, 0.717) is 0 Å². The Hall–Kier alpha value is -0.610. The molecule has 2 saturated heterocycles. The van der Waals surface area contributed by atoms with E-state index in [9.17, 15) is 9.90 Å². The van der Waals surface area contributed by atoms with E-state index in [1.807, 2.05) is 0 Å². The maximum Gasteiger partial charge on any atom is 0.310 e. The molecule has 0 aromatic carbocycles. The first-order chi connectivity index (χ1) is 6.22. The number of hydrogen-bond donors (Lipinski definition) is 2. The second kappa shape index (κ2) is 3.27. The van der Waals surface area contributed by atoms with Gasteiger partial charge in [-0.05, 0) is 19.3 Å². The molecule has 2 fully saturated rings. The standard InChI is InChI=1S/C9H15NO3/c1-13-9(12)5-4-7-8(11)3-2-6(5)10-7/h5-8,10-11H,2-4H2,1H3/t5-,6+,7+,8+/m0/s1. The summed E-state index contributed by atoms with van der Waals surface area (Å²) in [5, 5.41) is 12.8. The van der Waals surface area contributed by atoms with E-state index in [4.69, 9.17) is 4.74 Å². The highest BCUT2D eigenvalue weighted by atomic mass is 16.5. The van der Waals surface area contributed by atoms with Gasteiger partial charge < -0.3 is 15.2 Å². The Kier molecular flexibility index (Phi) is 2.26. The normalized spacial score (nSPS) is 43.2. The number of fused-ring (bicyclic) bond motifs is 2. The van der Waals surface area contributed by atoms with E-state index < -0.39 is 0 Å². The highest BCUT2D eigenvalue weighted by Gasteiger charge is 2.44. The lowest BCUT2D eigenvalue weighted by atomic mass is 9.99. The average molecular weight is 185 g/mol. The van der Waals surface area contributed by atoms with Gasteiger partial charge in [-0.1, -0.05) is 0 Å². The Morgan fingerprint density at radius 2 is 2.23 bits per heavy atom. The third-order valence-electron chi connectivity index (χ3n) is 3.16. The van der Waals surface area contributed by atoms with Crippen LogP contribution in [-0.4, -0.2) is 36.4 Å². The summed E-state index contributed by atoms with van der Waals surface area (Å²) in [6.07, 6.45) is 2.11. The Labute approximate surface area is 77.3 Å². The first-order valence-electron chi connectivity index (χ1n) is 4.74. The smallest absolute Gasteiger partial charge is 0.310 e. The van der Waals surface area contributed by atoms with Crippen LogP contribution in [0.4, 0.5) is 0 Å². The molecule has 13 heavy (non-hydrogen) atoms. The lowest BCUT2D eigenvalue weighted by Gasteiger charge is -2.26. The van der Waals surface area contributed by atoms with Gasteiger partial charge in [0.15, 0.2) is 0 Å². The predicted molar refractivity (Wildman–Crippen MR) is 46.1 cm³/mol. The van der Waals surface area contributed by atoms with Crippen LogP contribution >= 0.6 is 0 Å². The lowest BCUT2D eigenvalue weighted by molar-refractivity contribution is -0.145. The van der Waals surface area contributed by atoms with Gasteiger partial charge in [-0.15, -0.1) is 0 Å². The zero-order valence-corrected chi connectivity index (χ0v) is 7.69. The number of aliphatic hydroxyl groups is 1. The lowest BCUT2D eigenvalue weighted by Crippen LogP contribution is -2.44. The highest BCUT2D eigenvalue weighted by Crippen LogP contribution is 2.32. The van der Waals surface area contributed by atoms with Crippen molar-refractivity contribution >= 4 is 5.97 Å². The molecule has 2 aliphatic rings. The molecule has 2 heterocycles. The van der Waals surface area contributed by atoms with Gasteiger partial charge in [-0.3, -0.25) is 4.79 Å². The Morgan fingerprint density at radius 3 is 2.85 bits per heavy atom. The molecule has 2 aliphatic heterocycles. The number of carbonyl (C=O) groups is 1. The van der Waals surface area contributed by atoms with Gasteiger partial charge in [-0.25, -0.2) is 0 Å². The van der Waals surface area contributed by atoms with Gasteiger partial charge in [0.25, 0.3) is 0 Å². The van der Waals surface area contributed by atoms with Gasteiger partial charge in [0.2, 0.25) is 0 Å². The van der Waals surface area contributed by atoms with Crippen molar-refractivity contribution in [3.8, 4) is 0 Å². The Bertz CT molecular complexity index is 219. The monoisotopic (exact) mass is 185 g/mol. The molecule has 0 unspecified atom stereocenters. The minimum atomic E-state index is -0.286. The summed E-state index contributed by atoms with van der Waals surface area (Å²) in [5.74, 6) is -0.193. The van der Waals surface area contributed by atoms with Gasteiger partial charge in [0.05, 0.1) is 19.1 Å². The molecule has 0 amide bonds. The van der Waals surface area contributed by atoms with Crippen molar-refractivity contribution in [3.05, 3.63) is 0 Å². The second-order valence-corrected chi connectivity index (χ2v) is 3.89. The number of aliphatic hydroxyl groups excluding tert-OH is 1. The van der Waals surface area contributed by atoms with Crippen LogP contribution in [0.25, 0.3) is 0 Å². The van der Waals surface area contributed by atoms with Crippen LogP contribution < -0.4 is 5.32 Å². The summed E-state index contributed by atoms with van der Waals surface area (Å²) in [6, 6.07) is 0.323. The van der Waals surface area contributed by atoms with E-state index in [2.05, 4.69) is 5.32 Å². The minimum Gasteiger partial charge on any atom is -0.469 e. The second-order valence-electron chi connectivity index (χ2n) is 3.89. The SMILES string of the molecule is COC(=O)[C@H]1C[C@H]2N[C@@H]1CC[C@H]2O. The first-order valence-corrected chi connectivity index (χ1v) is 4.74. The number of nitrogens with one attached hydrogen (secondary N) is 1. The molecule has 2 bridgehead atoms. The van der Waals surface area contributed by atoms with E-state index in [1.165, 1.54) is 7.11 Å². The summed E-state index contributed by atoms with van der Waals surface area (Å²) < 4.78 is 4.72. The minimum absolute atomic E-state index is 0.0489. The van der Waals surface area contributed by atoms with Crippen LogP contribution in [0.15, 0.2) is 0 Å². The van der Waals surface area contributed by atoms with E-state index in [0.717, 1.165) is 19.3 Å². The quantitative estimate of drug-likeness (QED) is 0.549. The highest BCUT2D eigenvalue weighted by molar-refractivity contribution is 5.73. The van der Waals surface area contributed by atoms with Gasteiger partial charge in [-0.2, -0.15) is 0 Å². The van der Waals surface area contributed by atoms with Gasteiger partial charge in [0.1, 0.15) is 0 Å². The number of esters is 1. The van der Waals surface area contributed by atoms with Crippen molar-refractivity contribution in [2.45, 2.75) is 37.5 Å². The predicted octanol–water partition coefficient (Wildman–Crippen LogP) is -0.339. The molecule has 0 aromatic heterocycles. The van der Waals surface area contributed by atoms with Crippen LogP contribution in [0.3, 0.4) is 0 Å². The average Bonchev–Trinajstić information content (AvgIpc) is 2.50. The largest absolute Gasteiger partial charge is 0.469 e. The van der Waals surface area contributed by atoms with E-state index in [1.54, 1.807) is 0 Å². The number of carbonyl (C=O) groups excluding carboxylic acids is 1. The summed E-state index contributed by atoms with van der Waals surface area (Å²) in [7, 11) is 1.42. The maximum absolute atomic E-state index is 11.3. The van der Waals surface area contributed by atoms with Crippen molar-refractivity contribution in [2.75, 3.05) is 7.11 Å². The van der Waals surface area contributed by atoms with Crippen LogP contribution in [0.1, 0.15) is 19.3 Å². The fourth-order valence-corrected chi connectivity index (χ4v) is 2.41. The molecular formula is C9H15NO3. The molecule has 74 valence electrons. The fourth-order valence-electron chi connectivity index (χ4n) is 2.41. The van der Waals surface area contributed by atoms with Crippen molar-refractivity contribution in [1.82, 2.24) is 5.32 Å². The number of piperidine rings is 1. The number of ether oxygens (including phenoxy) is 1. The van der Waals surface area contributed by atoms with E-state index in [-0.39, 0.29) is 30.1 Å². The molecule has 2 N–H and O–H groups in total. The fraction of sp³-hybridized carbons (Fsp3) is 0.889. The van der Waals surface area contributed by atoms with Crippen LogP contribution in [-0.2, 0) is 9.53 Å². The molecule has 0 radical (unpaired) electrons. The van der Waals surface area contributed by atoms with Crippen LogP contribution in [0.5, 0.6) is 0 Å². The van der Waals surface area contributed by atoms with Crippen LogP contribution in [0, 0.1) is 5.92 Å². The maximum atomic E-state index is 11.3. The number of methoxy groups -OCH3 is 1. The molecule has 4 atom stereocenters. The summed E-state index contributed by atoms with van der Waals surface area (Å²) in [6.45, 7) is 0. The zero-order valence-electron chi connectivity index (χ0n) is 7.69. The molecular weight excluding hydrogens is 170 g/mol. The van der Waals surface area contributed by atoms with Crippen molar-refractivity contribution < 1.29 is 14.6 Å². The number of rotatable bonds is 1. The van der Waals surface area contributed by atoms with Crippen molar-refractivity contribution in [2.24, 2.45) is 5.92 Å². The summed E-state index contributed by atoms with van der Waals surface area (Å²) in [4.78, 5) is 11.3. The molecule has 4 nitrogen and oxygen atoms in total. The Balaban J connectivity index is 2.06. The molecule has 0 aromatic rings. The van der Waals surface area contributed by atoms with Gasteiger partial charge in [0, 0.05) is 12.1 Å². The molecule has 0 spiro atoms. The number of hydrogen-bond acceptors (Lipinski definition) is 4. The molecule has 0 aliphatic carbocycles. The Morgan fingerprint density at radius 1 is 1.46 bits per heavy atom. The molecule has 2 rings (SSSR count). The summed E-state index contributed by atoms with van der Waals surface area (Å²) in [5.41, 5.74) is 0. The third kappa shape index (κ3) is 1.44. The first kappa shape index (κ1) is 8.97. The van der Waals surface area contributed by atoms with Crippen molar-refractivity contribution in [3.63, 3.8) is 0 Å².